The zero-order valence-corrected chi connectivity index (χ0v) is 14.3. The van der Waals surface area contributed by atoms with Gasteiger partial charge in [0.1, 0.15) is 12.3 Å². The van der Waals surface area contributed by atoms with Gasteiger partial charge in [0.2, 0.25) is 10.0 Å². The second-order valence-electron chi connectivity index (χ2n) is 5.00. The molecule has 0 aromatic heterocycles. The molecule has 0 heterocycles. The first-order valence-electron chi connectivity index (χ1n) is 6.78. The van der Waals surface area contributed by atoms with Gasteiger partial charge in [-0.3, -0.25) is 4.79 Å². The van der Waals surface area contributed by atoms with Gasteiger partial charge >= 0.3 is 5.97 Å². The van der Waals surface area contributed by atoms with E-state index in [0.717, 1.165) is 9.87 Å². The van der Waals surface area contributed by atoms with Gasteiger partial charge in [-0.25, -0.2) is 8.42 Å². The monoisotopic (exact) mass is 353 g/mol. The van der Waals surface area contributed by atoms with Gasteiger partial charge in [0.25, 0.3) is 0 Å². The van der Waals surface area contributed by atoms with Gasteiger partial charge in [0, 0.05) is 12.1 Å². The van der Waals surface area contributed by atoms with E-state index in [4.69, 9.17) is 16.3 Å². The van der Waals surface area contributed by atoms with Crippen molar-refractivity contribution >= 4 is 27.6 Å². The summed E-state index contributed by atoms with van der Waals surface area (Å²) in [5.74, 6) is -0.285. The number of nitrogens with zero attached hydrogens (tertiary/aromatic N) is 1. The number of carbonyl (C=O) groups excluding carboxylic acids is 1. The van der Waals surface area contributed by atoms with Crippen LogP contribution in [0.4, 0.5) is 0 Å². The molecule has 0 N–H and O–H groups in total. The predicted octanol–water partition coefficient (Wildman–Crippen LogP) is 2.87. The number of benzene rings is 2. The fourth-order valence-corrected chi connectivity index (χ4v) is 3.06. The van der Waals surface area contributed by atoms with Crippen LogP contribution in [0.15, 0.2) is 53.4 Å². The smallest absolute Gasteiger partial charge is 0.326 e. The van der Waals surface area contributed by atoms with Crippen molar-refractivity contribution < 1.29 is 17.9 Å². The summed E-state index contributed by atoms with van der Waals surface area (Å²) in [6.07, 6.45) is 0. The molecule has 0 aliphatic heterocycles. The van der Waals surface area contributed by atoms with Crippen LogP contribution in [0.1, 0.15) is 5.56 Å². The van der Waals surface area contributed by atoms with Crippen molar-refractivity contribution in [1.82, 2.24) is 4.31 Å². The Morgan fingerprint density at radius 3 is 2.22 bits per heavy atom. The summed E-state index contributed by atoms with van der Waals surface area (Å²) in [5, 5.41) is 0.436. The van der Waals surface area contributed by atoms with Crippen molar-refractivity contribution in [3.8, 4) is 5.75 Å². The third-order valence-electron chi connectivity index (χ3n) is 3.13. The zero-order valence-electron chi connectivity index (χ0n) is 12.7. The molecular formula is C16H16ClNO4S. The maximum atomic E-state index is 12.4. The molecule has 2 aromatic carbocycles. The number of hydrogen-bond acceptors (Lipinski definition) is 4. The van der Waals surface area contributed by atoms with Crippen molar-refractivity contribution in [2.45, 2.75) is 11.8 Å². The number of likely N-dealkylation sites (N-methyl/N-ethyl adjacent to an activating group) is 1. The predicted molar refractivity (Wildman–Crippen MR) is 88.1 cm³/mol. The zero-order chi connectivity index (χ0) is 17.0. The number of sulfonamides is 1. The maximum Gasteiger partial charge on any atom is 0.326 e. The normalized spacial score (nSPS) is 11.5. The summed E-state index contributed by atoms with van der Waals surface area (Å²) in [5.41, 5.74) is 1.03. The Kier molecular flexibility index (Phi) is 5.41. The maximum absolute atomic E-state index is 12.4. The molecule has 0 unspecified atom stereocenters. The molecule has 0 radical (unpaired) electrons. The number of carbonyl (C=O) groups is 1. The highest BCUT2D eigenvalue weighted by Crippen LogP contribution is 2.18. The molecule has 0 saturated carbocycles. The Bertz CT molecular complexity index is 786. The van der Waals surface area contributed by atoms with Gasteiger partial charge in [-0.05, 0) is 43.3 Å². The summed E-state index contributed by atoms with van der Waals surface area (Å²) in [7, 11) is -2.46. The molecule has 0 bridgehead atoms. The summed E-state index contributed by atoms with van der Waals surface area (Å²) < 4.78 is 30.8. The molecule has 23 heavy (non-hydrogen) atoms. The van der Waals surface area contributed by atoms with Crippen LogP contribution in [0.3, 0.4) is 0 Å². The van der Waals surface area contributed by atoms with Gasteiger partial charge in [0.15, 0.2) is 0 Å². The Balaban J connectivity index is 2.05. The lowest BCUT2D eigenvalue weighted by Gasteiger charge is -2.16. The van der Waals surface area contributed by atoms with Crippen molar-refractivity contribution in [3.05, 3.63) is 59.1 Å². The Labute approximate surface area is 140 Å². The fourth-order valence-electron chi connectivity index (χ4n) is 1.82. The minimum absolute atomic E-state index is 0.0625. The van der Waals surface area contributed by atoms with Crippen LogP contribution < -0.4 is 4.74 Å². The topological polar surface area (TPSA) is 63.7 Å². The summed E-state index contributed by atoms with van der Waals surface area (Å²) in [6, 6.07) is 12.6. The standard InChI is InChI=1S/C16H16ClNO4S/c1-12-3-7-14(8-4-12)22-16(19)11-18(2)23(20,21)15-9-5-13(17)6-10-15/h3-10H,11H2,1-2H3. The van der Waals surface area contributed by atoms with Gasteiger partial charge in [-0.15, -0.1) is 0 Å². The number of ether oxygens (including phenoxy) is 1. The van der Waals surface area contributed by atoms with E-state index < -0.39 is 22.5 Å². The number of rotatable bonds is 5. The molecule has 0 spiro atoms. The molecule has 0 saturated heterocycles. The summed E-state index contributed by atoms with van der Waals surface area (Å²) in [4.78, 5) is 12.0. The van der Waals surface area contributed by atoms with Crippen LogP contribution in [0.5, 0.6) is 5.75 Å². The van der Waals surface area contributed by atoms with Crippen molar-refractivity contribution in [3.63, 3.8) is 0 Å². The first kappa shape index (κ1) is 17.5. The number of esters is 1. The van der Waals surface area contributed by atoms with Gasteiger partial charge < -0.3 is 4.74 Å². The number of aryl methyl sites for hydroxylation is 1. The van der Waals surface area contributed by atoms with Crippen LogP contribution in [-0.2, 0) is 14.8 Å². The molecule has 0 aliphatic carbocycles. The molecule has 5 nitrogen and oxygen atoms in total. The van der Waals surface area contributed by atoms with Crippen molar-refractivity contribution in [2.24, 2.45) is 0 Å². The summed E-state index contributed by atoms with van der Waals surface area (Å²) >= 11 is 5.74. The first-order valence-corrected chi connectivity index (χ1v) is 8.60. The molecule has 2 rings (SSSR count). The van der Waals surface area contributed by atoms with E-state index in [2.05, 4.69) is 0 Å². The second kappa shape index (κ2) is 7.12. The minimum atomic E-state index is -3.78. The molecule has 122 valence electrons. The first-order chi connectivity index (χ1) is 10.8. The van der Waals surface area contributed by atoms with E-state index in [1.54, 1.807) is 24.3 Å². The van der Waals surface area contributed by atoms with E-state index in [1.165, 1.54) is 31.3 Å². The number of hydrogen-bond donors (Lipinski definition) is 0. The molecule has 0 aliphatic rings. The molecule has 0 amide bonds. The van der Waals surface area contributed by atoms with E-state index >= 15 is 0 Å². The van der Waals surface area contributed by atoms with E-state index in [1.807, 2.05) is 6.92 Å². The van der Waals surface area contributed by atoms with Crippen LogP contribution >= 0.6 is 11.6 Å². The average Bonchev–Trinajstić information content (AvgIpc) is 2.50. The molecular weight excluding hydrogens is 338 g/mol. The van der Waals surface area contributed by atoms with E-state index in [9.17, 15) is 13.2 Å². The van der Waals surface area contributed by atoms with Crippen molar-refractivity contribution in [1.29, 1.82) is 0 Å². The van der Waals surface area contributed by atoms with E-state index in [0.29, 0.717) is 10.8 Å². The minimum Gasteiger partial charge on any atom is -0.426 e. The van der Waals surface area contributed by atoms with Gasteiger partial charge in [-0.2, -0.15) is 4.31 Å². The Morgan fingerprint density at radius 1 is 1.09 bits per heavy atom. The number of halogens is 1. The highest BCUT2D eigenvalue weighted by atomic mass is 35.5. The SMILES string of the molecule is Cc1ccc(OC(=O)CN(C)S(=O)(=O)c2ccc(Cl)cc2)cc1. The Hall–Kier alpha value is -1.89. The van der Waals surface area contributed by atoms with Crippen LogP contribution in [0.2, 0.25) is 5.02 Å². The van der Waals surface area contributed by atoms with E-state index in [-0.39, 0.29) is 4.90 Å². The fraction of sp³-hybridized carbons (Fsp3) is 0.188. The highest BCUT2D eigenvalue weighted by Gasteiger charge is 2.23. The lowest BCUT2D eigenvalue weighted by atomic mass is 10.2. The second-order valence-corrected chi connectivity index (χ2v) is 7.48. The quantitative estimate of drug-likeness (QED) is 0.612. The Morgan fingerprint density at radius 2 is 1.65 bits per heavy atom. The average molecular weight is 354 g/mol. The van der Waals surface area contributed by atoms with Crippen molar-refractivity contribution in [2.75, 3.05) is 13.6 Å². The lowest BCUT2D eigenvalue weighted by molar-refractivity contribution is -0.134. The summed E-state index contributed by atoms with van der Waals surface area (Å²) in [6.45, 7) is 1.52. The van der Waals surface area contributed by atoms with Gasteiger partial charge in [-0.1, -0.05) is 29.3 Å². The van der Waals surface area contributed by atoms with Crippen LogP contribution in [0, 0.1) is 6.92 Å². The lowest BCUT2D eigenvalue weighted by Crippen LogP contribution is -2.34. The molecule has 2 aromatic rings. The molecule has 0 atom stereocenters. The largest absolute Gasteiger partial charge is 0.426 e. The van der Waals surface area contributed by atoms with Gasteiger partial charge in [0.05, 0.1) is 4.90 Å². The molecule has 0 fully saturated rings. The molecule has 7 heteroatoms. The van der Waals surface area contributed by atoms with Crippen LogP contribution in [-0.4, -0.2) is 32.3 Å². The third-order valence-corrected chi connectivity index (χ3v) is 5.20. The highest BCUT2D eigenvalue weighted by molar-refractivity contribution is 7.89. The van der Waals surface area contributed by atoms with Crippen LogP contribution in [0.25, 0.3) is 0 Å². The third kappa shape index (κ3) is 4.54.